The number of aryl methyl sites for hydroxylation is 1. The van der Waals surface area contributed by atoms with Crippen LogP contribution in [-0.2, 0) is 7.05 Å². The van der Waals surface area contributed by atoms with Crippen LogP contribution in [0.1, 0.15) is 18.2 Å². The van der Waals surface area contributed by atoms with Crippen molar-refractivity contribution in [1.82, 2.24) is 15.1 Å². The second kappa shape index (κ2) is 4.81. The number of nitrogens with one attached hydrogen (secondary N) is 1. The maximum absolute atomic E-state index is 5.24. The summed E-state index contributed by atoms with van der Waals surface area (Å²) >= 11 is 0. The second-order valence-corrected chi connectivity index (χ2v) is 3.09. The molecule has 0 amide bonds. The van der Waals surface area contributed by atoms with Crippen LogP contribution in [0.25, 0.3) is 0 Å². The molecule has 4 nitrogen and oxygen atoms in total. The molecular formula is C10H17N3O. The Morgan fingerprint density at radius 1 is 1.79 bits per heavy atom. The predicted octanol–water partition coefficient (Wildman–Crippen LogP) is 1.27. The van der Waals surface area contributed by atoms with Crippen molar-refractivity contribution in [3.05, 3.63) is 24.5 Å². The monoisotopic (exact) mass is 195 g/mol. The summed E-state index contributed by atoms with van der Waals surface area (Å²) in [5.41, 5.74) is 1.05. The minimum Gasteiger partial charge on any atom is -0.493 e. The molecule has 0 fully saturated rings. The summed E-state index contributed by atoms with van der Waals surface area (Å²) in [6, 6.07) is 0.204. The first-order valence-corrected chi connectivity index (χ1v) is 4.58. The fourth-order valence-electron chi connectivity index (χ4n) is 1.51. The van der Waals surface area contributed by atoms with Crippen LogP contribution in [0.4, 0.5) is 0 Å². The van der Waals surface area contributed by atoms with Gasteiger partial charge in [-0.15, -0.1) is 6.58 Å². The standard InChI is InChI=1S/C10H17N3O/c1-5-6-8(11-2)10-9(14-4)7-12-13(10)3/h5,7-8,11H,1,6H2,2-4H3. The number of hydrogen-bond donors (Lipinski definition) is 1. The normalized spacial score (nSPS) is 12.5. The molecule has 1 rings (SSSR count). The van der Waals surface area contributed by atoms with Crippen LogP contribution in [0.5, 0.6) is 5.75 Å². The summed E-state index contributed by atoms with van der Waals surface area (Å²) in [5.74, 6) is 0.814. The molecule has 78 valence electrons. The molecule has 0 aromatic carbocycles. The molecule has 0 aliphatic carbocycles. The number of hydrogen-bond acceptors (Lipinski definition) is 3. The molecule has 1 aromatic heterocycles. The van der Waals surface area contributed by atoms with E-state index in [2.05, 4.69) is 17.0 Å². The van der Waals surface area contributed by atoms with Gasteiger partial charge in [-0.2, -0.15) is 5.10 Å². The number of ether oxygens (including phenoxy) is 1. The number of rotatable bonds is 5. The summed E-state index contributed by atoms with van der Waals surface area (Å²) in [6.07, 6.45) is 4.46. The average molecular weight is 195 g/mol. The van der Waals surface area contributed by atoms with E-state index in [0.29, 0.717) is 0 Å². The summed E-state index contributed by atoms with van der Waals surface area (Å²) in [4.78, 5) is 0. The molecule has 0 spiro atoms. The summed E-state index contributed by atoms with van der Waals surface area (Å²) < 4.78 is 7.06. The first-order chi connectivity index (χ1) is 6.74. The molecular weight excluding hydrogens is 178 g/mol. The van der Waals surface area contributed by atoms with Gasteiger partial charge in [-0.05, 0) is 13.5 Å². The molecule has 0 radical (unpaired) electrons. The van der Waals surface area contributed by atoms with E-state index < -0.39 is 0 Å². The van der Waals surface area contributed by atoms with Crippen molar-refractivity contribution >= 4 is 0 Å². The first-order valence-electron chi connectivity index (χ1n) is 4.58. The van der Waals surface area contributed by atoms with Crippen molar-refractivity contribution in [3.63, 3.8) is 0 Å². The first kappa shape index (κ1) is 10.8. The van der Waals surface area contributed by atoms with Crippen LogP contribution in [0.15, 0.2) is 18.9 Å². The molecule has 0 saturated carbocycles. The third-order valence-corrected chi connectivity index (χ3v) is 2.25. The Hall–Kier alpha value is -1.29. The highest BCUT2D eigenvalue weighted by Crippen LogP contribution is 2.26. The molecule has 0 aliphatic heterocycles. The van der Waals surface area contributed by atoms with Gasteiger partial charge in [0, 0.05) is 7.05 Å². The molecule has 1 heterocycles. The molecule has 0 aliphatic rings. The Kier molecular flexibility index (Phi) is 3.71. The van der Waals surface area contributed by atoms with Gasteiger partial charge in [0.15, 0.2) is 5.75 Å². The van der Waals surface area contributed by atoms with E-state index in [-0.39, 0.29) is 6.04 Å². The Morgan fingerprint density at radius 3 is 3.00 bits per heavy atom. The SMILES string of the molecule is C=CCC(NC)c1c(OC)cnn1C. The Bertz CT molecular complexity index is 306. The van der Waals surface area contributed by atoms with Crippen LogP contribution in [0, 0.1) is 0 Å². The number of nitrogens with zero attached hydrogens (tertiary/aromatic N) is 2. The highest BCUT2D eigenvalue weighted by atomic mass is 16.5. The fourth-order valence-corrected chi connectivity index (χ4v) is 1.51. The lowest BCUT2D eigenvalue weighted by molar-refractivity contribution is 0.397. The van der Waals surface area contributed by atoms with Gasteiger partial charge in [-0.25, -0.2) is 0 Å². The van der Waals surface area contributed by atoms with Crippen molar-refractivity contribution in [2.24, 2.45) is 7.05 Å². The third kappa shape index (κ3) is 1.96. The largest absolute Gasteiger partial charge is 0.493 e. The maximum atomic E-state index is 5.24. The van der Waals surface area contributed by atoms with Gasteiger partial charge in [0.05, 0.1) is 25.0 Å². The second-order valence-electron chi connectivity index (χ2n) is 3.09. The van der Waals surface area contributed by atoms with Gasteiger partial charge in [0.1, 0.15) is 0 Å². The lowest BCUT2D eigenvalue weighted by Crippen LogP contribution is -2.19. The van der Waals surface area contributed by atoms with E-state index in [9.17, 15) is 0 Å². The van der Waals surface area contributed by atoms with Crippen molar-refractivity contribution in [2.75, 3.05) is 14.2 Å². The zero-order valence-electron chi connectivity index (χ0n) is 8.95. The third-order valence-electron chi connectivity index (χ3n) is 2.25. The van der Waals surface area contributed by atoms with Gasteiger partial charge in [0.2, 0.25) is 0 Å². The lowest BCUT2D eigenvalue weighted by Gasteiger charge is -2.15. The van der Waals surface area contributed by atoms with Crippen molar-refractivity contribution in [1.29, 1.82) is 0 Å². The zero-order valence-corrected chi connectivity index (χ0v) is 8.95. The molecule has 1 atom stereocenters. The number of methoxy groups -OCH3 is 1. The quantitative estimate of drug-likeness (QED) is 0.719. The highest BCUT2D eigenvalue weighted by molar-refractivity contribution is 5.28. The van der Waals surface area contributed by atoms with E-state index in [1.54, 1.807) is 13.3 Å². The summed E-state index contributed by atoms with van der Waals surface area (Å²) in [7, 11) is 5.48. The molecule has 0 saturated heterocycles. The van der Waals surface area contributed by atoms with Gasteiger partial charge in [0.25, 0.3) is 0 Å². The van der Waals surface area contributed by atoms with Gasteiger partial charge in [-0.1, -0.05) is 6.08 Å². The fraction of sp³-hybridized carbons (Fsp3) is 0.500. The van der Waals surface area contributed by atoms with Gasteiger partial charge in [-0.3, -0.25) is 4.68 Å². The minimum absolute atomic E-state index is 0.204. The van der Waals surface area contributed by atoms with Crippen LogP contribution in [0.3, 0.4) is 0 Å². The van der Waals surface area contributed by atoms with Crippen LogP contribution in [-0.4, -0.2) is 23.9 Å². The summed E-state index contributed by atoms with van der Waals surface area (Å²) in [5, 5.41) is 7.36. The topological polar surface area (TPSA) is 39.1 Å². The lowest BCUT2D eigenvalue weighted by atomic mass is 10.1. The van der Waals surface area contributed by atoms with Crippen molar-refractivity contribution in [2.45, 2.75) is 12.5 Å². The Balaban J connectivity index is 3.00. The molecule has 0 bridgehead atoms. The van der Waals surface area contributed by atoms with Crippen LogP contribution >= 0.6 is 0 Å². The Labute approximate surface area is 84.6 Å². The molecule has 1 aromatic rings. The zero-order chi connectivity index (χ0) is 10.6. The average Bonchev–Trinajstić information content (AvgIpc) is 2.56. The van der Waals surface area contributed by atoms with E-state index in [1.807, 2.05) is 24.9 Å². The smallest absolute Gasteiger partial charge is 0.161 e. The predicted molar refractivity (Wildman–Crippen MR) is 56.4 cm³/mol. The maximum Gasteiger partial charge on any atom is 0.161 e. The van der Waals surface area contributed by atoms with E-state index in [4.69, 9.17) is 4.74 Å². The minimum atomic E-state index is 0.204. The van der Waals surface area contributed by atoms with Gasteiger partial charge >= 0.3 is 0 Å². The van der Waals surface area contributed by atoms with Crippen molar-refractivity contribution in [3.8, 4) is 5.75 Å². The molecule has 1 unspecified atom stereocenters. The van der Waals surface area contributed by atoms with Gasteiger partial charge < -0.3 is 10.1 Å². The van der Waals surface area contributed by atoms with Crippen molar-refractivity contribution < 1.29 is 4.74 Å². The summed E-state index contributed by atoms with van der Waals surface area (Å²) in [6.45, 7) is 3.73. The molecule has 4 heteroatoms. The van der Waals surface area contributed by atoms with E-state index in [1.165, 1.54) is 0 Å². The van der Waals surface area contributed by atoms with E-state index >= 15 is 0 Å². The van der Waals surface area contributed by atoms with E-state index in [0.717, 1.165) is 17.9 Å². The molecule has 1 N–H and O–H groups in total. The molecule has 14 heavy (non-hydrogen) atoms. The van der Waals surface area contributed by atoms with Crippen LogP contribution < -0.4 is 10.1 Å². The Morgan fingerprint density at radius 2 is 2.50 bits per heavy atom. The highest BCUT2D eigenvalue weighted by Gasteiger charge is 2.17. The number of aromatic nitrogens is 2. The van der Waals surface area contributed by atoms with Crippen LogP contribution in [0.2, 0.25) is 0 Å².